The van der Waals surface area contributed by atoms with Gasteiger partial charge in [-0.2, -0.15) is 0 Å². The van der Waals surface area contributed by atoms with Gasteiger partial charge in [-0.1, -0.05) is 11.6 Å². The number of rotatable bonds is 6. The quantitative estimate of drug-likeness (QED) is 0.817. The molecule has 1 atom stereocenters. The highest BCUT2D eigenvalue weighted by Crippen LogP contribution is 2.31. The molecule has 0 saturated carbocycles. The van der Waals surface area contributed by atoms with E-state index in [0.717, 1.165) is 31.5 Å². The van der Waals surface area contributed by atoms with E-state index in [0.29, 0.717) is 23.1 Å². The number of hydrogen-bond donors (Lipinski definition) is 2. The van der Waals surface area contributed by atoms with Crippen molar-refractivity contribution in [2.45, 2.75) is 18.6 Å². The zero-order valence-corrected chi connectivity index (χ0v) is 15.1. The molecule has 23 heavy (non-hydrogen) atoms. The Morgan fingerprint density at radius 2 is 2.13 bits per heavy atom. The number of amides is 1. The predicted molar refractivity (Wildman–Crippen MR) is 94.3 cm³/mol. The highest BCUT2D eigenvalue weighted by molar-refractivity contribution is 7.83. The van der Waals surface area contributed by atoms with E-state index in [4.69, 9.17) is 16.3 Å². The van der Waals surface area contributed by atoms with Crippen molar-refractivity contribution in [1.82, 2.24) is 5.32 Å². The first-order chi connectivity index (χ1) is 11.0. The van der Waals surface area contributed by atoms with Crippen molar-refractivity contribution in [2.24, 2.45) is 5.41 Å². The first-order valence-corrected chi connectivity index (χ1v) is 9.67. The second-order valence-corrected chi connectivity index (χ2v) is 7.78. The maximum absolute atomic E-state index is 12.8. The summed E-state index contributed by atoms with van der Waals surface area (Å²) in [6.07, 6.45) is 3.11. The standard InChI is InChI=1S/C16H23ClN2O3S/c1-22-11-16(5-7-18-8-6-16)15(20)19-13-3-4-14(17)12(9-13)10-23(2)21/h3-4,9,18H,5-8,10-11H2,1-2H3,(H,19,20). The second-order valence-electron chi connectivity index (χ2n) is 5.94. The van der Waals surface area contributed by atoms with Crippen LogP contribution in [0.15, 0.2) is 18.2 Å². The van der Waals surface area contributed by atoms with Gasteiger partial charge in [0.2, 0.25) is 5.91 Å². The molecule has 2 N–H and O–H groups in total. The van der Waals surface area contributed by atoms with Gasteiger partial charge in [-0.15, -0.1) is 0 Å². The van der Waals surface area contributed by atoms with Gasteiger partial charge in [-0.05, 0) is 49.7 Å². The Hall–Kier alpha value is -0.950. The van der Waals surface area contributed by atoms with Gasteiger partial charge >= 0.3 is 0 Å². The van der Waals surface area contributed by atoms with E-state index in [2.05, 4.69) is 10.6 Å². The molecule has 1 saturated heterocycles. The summed E-state index contributed by atoms with van der Waals surface area (Å²) in [5.74, 6) is 0.335. The van der Waals surface area contributed by atoms with E-state index in [1.54, 1.807) is 31.6 Å². The van der Waals surface area contributed by atoms with Gasteiger partial charge in [0, 0.05) is 40.6 Å². The molecule has 5 nitrogen and oxygen atoms in total. The number of carbonyl (C=O) groups excluding carboxylic acids is 1. The maximum Gasteiger partial charge on any atom is 0.233 e. The van der Waals surface area contributed by atoms with Gasteiger partial charge in [0.25, 0.3) is 0 Å². The first-order valence-electron chi connectivity index (χ1n) is 7.56. The summed E-state index contributed by atoms with van der Waals surface area (Å²) in [7, 11) is 0.630. The molecule has 1 aromatic rings. The molecular formula is C16H23ClN2O3S. The van der Waals surface area contributed by atoms with Crippen LogP contribution in [0, 0.1) is 5.41 Å². The van der Waals surface area contributed by atoms with Crippen molar-refractivity contribution < 1.29 is 13.7 Å². The highest BCUT2D eigenvalue weighted by Gasteiger charge is 2.39. The number of methoxy groups -OCH3 is 1. The molecule has 2 rings (SSSR count). The number of carbonyl (C=O) groups is 1. The van der Waals surface area contributed by atoms with E-state index in [-0.39, 0.29) is 5.91 Å². The Labute approximate surface area is 144 Å². The zero-order valence-electron chi connectivity index (χ0n) is 13.5. The zero-order chi connectivity index (χ0) is 16.9. The Bertz CT molecular complexity index is 583. The topological polar surface area (TPSA) is 67.4 Å². The molecule has 1 aliphatic heterocycles. The fraction of sp³-hybridized carbons (Fsp3) is 0.562. The molecule has 128 valence electrons. The highest BCUT2D eigenvalue weighted by atomic mass is 35.5. The van der Waals surface area contributed by atoms with Crippen molar-refractivity contribution in [1.29, 1.82) is 0 Å². The van der Waals surface area contributed by atoms with Crippen molar-refractivity contribution in [3.05, 3.63) is 28.8 Å². The lowest BCUT2D eigenvalue weighted by atomic mass is 9.78. The van der Waals surface area contributed by atoms with Gasteiger partial charge in [0.1, 0.15) is 0 Å². The minimum atomic E-state index is -0.989. The van der Waals surface area contributed by atoms with Crippen LogP contribution in [0.3, 0.4) is 0 Å². The summed E-state index contributed by atoms with van der Waals surface area (Å²) in [5.41, 5.74) is 0.943. The Balaban J connectivity index is 2.16. The van der Waals surface area contributed by atoms with Crippen LogP contribution in [-0.2, 0) is 26.1 Å². The summed E-state index contributed by atoms with van der Waals surface area (Å²) in [5, 5.41) is 6.80. The molecule has 1 aromatic carbocycles. The minimum absolute atomic E-state index is 0.0354. The van der Waals surface area contributed by atoms with Gasteiger partial charge in [0.15, 0.2) is 0 Å². The number of anilines is 1. The largest absolute Gasteiger partial charge is 0.384 e. The average molecular weight is 359 g/mol. The van der Waals surface area contributed by atoms with Crippen LogP contribution in [0.5, 0.6) is 0 Å². The van der Waals surface area contributed by atoms with E-state index in [1.165, 1.54) is 0 Å². The van der Waals surface area contributed by atoms with Crippen molar-refractivity contribution >= 4 is 34.0 Å². The van der Waals surface area contributed by atoms with Crippen LogP contribution >= 0.6 is 11.6 Å². The van der Waals surface area contributed by atoms with Gasteiger partial charge < -0.3 is 15.4 Å². The second kappa shape index (κ2) is 8.24. The fourth-order valence-corrected chi connectivity index (χ4v) is 3.80. The third kappa shape index (κ3) is 4.76. The molecule has 1 heterocycles. The third-order valence-electron chi connectivity index (χ3n) is 4.13. The monoisotopic (exact) mass is 358 g/mol. The Kier molecular flexibility index (Phi) is 6.59. The third-order valence-corrected chi connectivity index (χ3v) is 5.21. The first kappa shape index (κ1) is 18.4. The number of halogens is 1. The lowest BCUT2D eigenvalue weighted by molar-refractivity contribution is -0.130. The van der Waals surface area contributed by atoms with Crippen molar-refractivity contribution in [2.75, 3.05) is 38.4 Å². The molecule has 0 spiro atoms. The van der Waals surface area contributed by atoms with Crippen LogP contribution < -0.4 is 10.6 Å². The lowest BCUT2D eigenvalue weighted by Gasteiger charge is -2.35. The molecule has 0 aromatic heterocycles. The lowest BCUT2D eigenvalue weighted by Crippen LogP contribution is -2.47. The number of hydrogen-bond acceptors (Lipinski definition) is 4. The van der Waals surface area contributed by atoms with Crippen LogP contribution in [0.4, 0.5) is 5.69 Å². The maximum atomic E-state index is 12.8. The molecular weight excluding hydrogens is 336 g/mol. The molecule has 1 aliphatic rings. The number of benzene rings is 1. The number of piperidine rings is 1. The molecule has 7 heteroatoms. The summed E-state index contributed by atoms with van der Waals surface area (Å²) in [4.78, 5) is 12.8. The molecule has 0 aliphatic carbocycles. The van der Waals surface area contributed by atoms with Crippen LogP contribution in [0.2, 0.25) is 5.02 Å². The average Bonchev–Trinajstić information content (AvgIpc) is 2.51. The van der Waals surface area contributed by atoms with Crippen LogP contribution in [0.25, 0.3) is 0 Å². The van der Waals surface area contributed by atoms with Crippen molar-refractivity contribution in [3.63, 3.8) is 0 Å². The predicted octanol–water partition coefficient (Wildman–Crippen LogP) is 2.17. The van der Waals surface area contributed by atoms with Gasteiger partial charge in [-0.3, -0.25) is 9.00 Å². The summed E-state index contributed by atoms with van der Waals surface area (Å²) in [6, 6.07) is 5.29. The Morgan fingerprint density at radius 3 is 2.74 bits per heavy atom. The molecule has 0 bridgehead atoms. The molecule has 0 radical (unpaired) electrons. The SMILES string of the molecule is COCC1(C(=O)Nc2ccc(Cl)c(CS(C)=O)c2)CCNCC1. The van der Waals surface area contributed by atoms with Gasteiger partial charge in [-0.25, -0.2) is 0 Å². The fourth-order valence-electron chi connectivity index (χ4n) is 2.86. The van der Waals surface area contributed by atoms with Crippen LogP contribution in [-0.4, -0.2) is 43.2 Å². The normalized spacial score (nSPS) is 18.4. The molecule has 1 fully saturated rings. The summed E-state index contributed by atoms with van der Waals surface area (Å²) in [6.45, 7) is 2.01. The Morgan fingerprint density at radius 1 is 1.43 bits per heavy atom. The summed E-state index contributed by atoms with van der Waals surface area (Å²) >= 11 is 6.13. The molecule has 1 amide bonds. The number of ether oxygens (including phenoxy) is 1. The smallest absolute Gasteiger partial charge is 0.233 e. The van der Waals surface area contributed by atoms with Crippen LogP contribution in [0.1, 0.15) is 18.4 Å². The summed E-state index contributed by atoms with van der Waals surface area (Å²) < 4.78 is 16.7. The van der Waals surface area contributed by atoms with E-state index < -0.39 is 16.2 Å². The van der Waals surface area contributed by atoms with Gasteiger partial charge in [0.05, 0.1) is 12.0 Å². The van der Waals surface area contributed by atoms with E-state index >= 15 is 0 Å². The molecule has 1 unspecified atom stereocenters. The van der Waals surface area contributed by atoms with Crippen molar-refractivity contribution in [3.8, 4) is 0 Å². The van der Waals surface area contributed by atoms with E-state index in [1.807, 2.05) is 0 Å². The minimum Gasteiger partial charge on any atom is -0.384 e. The number of nitrogens with one attached hydrogen (secondary N) is 2. The van der Waals surface area contributed by atoms with E-state index in [9.17, 15) is 9.00 Å².